The molecule has 3 heteroatoms. The van der Waals surface area contributed by atoms with Gasteiger partial charge in [-0.15, -0.1) is 0 Å². The molecule has 0 fully saturated rings. The molecule has 1 rings (SSSR count). The maximum atomic E-state index is 9.31. The van der Waals surface area contributed by atoms with Gasteiger partial charge in [0.2, 0.25) is 0 Å². The van der Waals surface area contributed by atoms with Crippen LogP contribution in [-0.4, -0.2) is 11.7 Å². The van der Waals surface area contributed by atoms with Crippen molar-refractivity contribution < 1.29 is 5.11 Å². The quantitative estimate of drug-likeness (QED) is 0.601. The Morgan fingerprint density at radius 1 is 1.42 bits per heavy atom. The lowest BCUT2D eigenvalue weighted by atomic mass is 10.2. The van der Waals surface area contributed by atoms with Crippen LogP contribution in [0, 0.1) is 0 Å². The Kier molecular flexibility index (Phi) is 2.71. The third-order valence-corrected chi connectivity index (χ3v) is 1.51. The Morgan fingerprint density at radius 3 is 2.67 bits per heavy atom. The Morgan fingerprint density at radius 2 is 2.08 bits per heavy atom. The van der Waals surface area contributed by atoms with E-state index in [0.717, 1.165) is 0 Å². The van der Waals surface area contributed by atoms with E-state index in [1.54, 1.807) is 24.3 Å². The summed E-state index contributed by atoms with van der Waals surface area (Å²) in [6.07, 6.45) is 1.66. The summed E-state index contributed by atoms with van der Waals surface area (Å²) in [7, 11) is 0. The summed E-state index contributed by atoms with van der Waals surface area (Å²) in [4.78, 5) is 0. The fraction of sp³-hybridized carbons (Fsp3) is 0.111. The fourth-order valence-corrected chi connectivity index (χ4v) is 0.868. The van der Waals surface area contributed by atoms with E-state index >= 15 is 0 Å². The summed E-state index contributed by atoms with van der Waals surface area (Å²) in [5.74, 6) is 0.217. The summed E-state index contributed by atoms with van der Waals surface area (Å²) in [5, 5.41) is 9.31. The van der Waals surface area contributed by atoms with E-state index in [0.29, 0.717) is 17.8 Å². The van der Waals surface area contributed by atoms with Crippen LogP contribution < -0.4 is 11.5 Å². The minimum absolute atomic E-state index is 0.217. The van der Waals surface area contributed by atoms with Gasteiger partial charge in [0.1, 0.15) is 5.75 Å². The van der Waals surface area contributed by atoms with Crippen LogP contribution in [0.1, 0.15) is 5.56 Å². The van der Waals surface area contributed by atoms with Crippen LogP contribution in [0.15, 0.2) is 30.0 Å². The Labute approximate surface area is 71.3 Å². The third-order valence-electron chi connectivity index (χ3n) is 1.51. The van der Waals surface area contributed by atoms with E-state index in [9.17, 15) is 5.11 Å². The summed E-state index contributed by atoms with van der Waals surface area (Å²) in [6.45, 7) is 0.300. The van der Waals surface area contributed by atoms with Gasteiger partial charge in [0, 0.05) is 17.8 Å². The molecule has 0 saturated carbocycles. The Bertz CT molecular complexity index is 294. The number of phenolic OH excluding ortho intramolecular Hbond substituents is 1. The number of hydrogen-bond acceptors (Lipinski definition) is 3. The van der Waals surface area contributed by atoms with Crippen LogP contribution >= 0.6 is 0 Å². The number of nitrogens with two attached hydrogens (primary N) is 2. The maximum absolute atomic E-state index is 9.31. The van der Waals surface area contributed by atoms with Crippen molar-refractivity contribution >= 4 is 6.08 Å². The second-order valence-electron chi connectivity index (χ2n) is 2.48. The lowest BCUT2D eigenvalue weighted by Crippen LogP contribution is -2.10. The molecule has 0 atom stereocenters. The first-order valence-electron chi connectivity index (χ1n) is 3.68. The lowest BCUT2D eigenvalue weighted by Gasteiger charge is -1.99. The molecule has 0 saturated heterocycles. The zero-order valence-corrected chi connectivity index (χ0v) is 6.70. The van der Waals surface area contributed by atoms with Crippen LogP contribution in [0.2, 0.25) is 0 Å². The standard InChI is InChI=1S/C9H12N2O/c10-6-8(11)5-7-3-1-2-4-9(7)12/h1-5,12H,6,10-11H2/b8-5-. The van der Waals surface area contributed by atoms with Crippen molar-refractivity contribution in [3.63, 3.8) is 0 Å². The first-order chi connectivity index (χ1) is 5.74. The molecule has 0 aliphatic rings. The molecule has 1 aromatic rings. The number of aromatic hydroxyl groups is 1. The van der Waals surface area contributed by atoms with Crippen molar-refractivity contribution in [2.45, 2.75) is 0 Å². The molecule has 0 radical (unpaired) electrons. The van der Waals surface area contributed by atoms with E-state index in [-0.39, 0.29) is 5.75 Å². The van der Waals surface area contributed by atoms with Gasteiger partial charge < -0.3 is 16.6 Å². The number of phenols is 1. The SMILES string of the molecule is NC/C(N)=C/c1ccccc1O. The van der Waals surface area contributed by atoms with Gasteiger partial charge >= 0.3 is 0 Å². The maximum Gasteiger partial charge on any atom is 0.122 e. The molecule has 0 aliphatic carbocycles. The van der Waals surface area contributed by atoms with Crippen molar-refractivity contribution in [3.05, 3.63) is 35.5 Å². The highest BCUT2D eigenvalue weighted by molar-refractivity contribution is 5.58. The minimum atomic E-state index is 0.217. The molecule has 5 N–H and O–H groups in total. The zero-order valence-electron chi connectivity index (χ0n) is 6.70. The molecule has 64 valence electrons. The molecule has 0 spiro atoms. The molecular weight excluding hydrogens is 152 g/mol. The van der Waals surface area contributed by atoms with Crippen LogP contribution in [0.3, 0.4) is 0 Å². The lowest BCUT2D eigenvalue weighted by molar-refractivity contribution is 0.474. The highest BCUT2D eigenvalue weighted by Crippen LogP contribution is 2.17. The predicted octanol–water partition coefficient (Wildman–Crippen LogP) is 0.650. The predicted molar refractivity (Wildman–Crippen MR) is 49.3 cm³/mol. The van der Waals surface area contributed by atoms with Crippen molar-refractivity contribution in [2.24, 2.45) is 11.5 Å². The molecule has 1 aromatic carbocycles. The molecule has 0 bridgehead atoms. The van der Waals surface area contributed by atoms with Crippen LogP contribution in [-0.2, 0) is 0 Å². The van der Waals surface area contributed by atoms with Gasteiger partial charge in [-0.1, -0.05) is 18.2 Å². The van der Waals surface area contributed by atoms with Crippen molar-refractivity contribution in [1.29, 1.82) is 0 Å². The second-order valence-corrected chi connectivity index (χ2v) is 2.48. The van der Waals surface area contributed by atoms with Gasteiger partial charge in [-0.3, -0.25) is 0 Å². The van der Waals surface area contributed by atoms with Crippen LogP contribution in [0.4, 0.5) is 0 Å². The fourth-order valence-electron chi connectivity index (χ4n) is 0.868. The summed E-state index contributed by atoms with van der Waals surface area (Å²) < 4.78 is 0. The molecule has 0 aromatic heterocycles. The number of para-hydroxylation sites is 1. The minimum Gasteiger partial charge on any atom is -0.507 e. The number of rotatable bonds is 2. The van der Waals surface area contributed by atoms with Gasteiger partial charge in [-0.05, 0) is 12.1 Å². The molecular formula is C9H12N2O. The summed E-state index contributed by atoms with van der Waals surface area (Å²) in [6, 6.07) is 6.97. The van der Waals surface area contributed by atoms with E-state index in [2.05, 4.69) is 0 Å². The third kappa shape index (κ3) is 2.00. The van der Waals surface area contributed by atoms with Gasteiger partial charge in [0.05, 0.1) is 0 Å². The highest BCUT2D eigenvalue weighted by atomic mass is 16.3. The van der Waals surface area contributed by atoms with E-state index in [1.807, 2.05) is 6.07 Å². The summed E-state index contributed by atoms with van der Waals surface area (Å²) >= 11 is 0. The first kappa shape index (κ1) is 8.62. The molecule has 3 nitrogen and oxygen atoms in total. The topological polar surface area (TPSA) is 72.3 Å². The van der Waals surface area contributed by atoms with Crippen molar-refractivity contribution in [3.8, 4) is 5.75 Å². The monoisotopic (exact) mass is 164 g/mol. The average Bonchev–Trinajstić information content (AvgIpc) is 2.09. The molecule has 0 aliphatic heterocycles. The Balaban J connectivity index is 2.96. The zero-order chi connectivity index (χ0) is 8.97. The van der Waals surface area contributed by atoms with Crippen LogP contribution in [0.25, 0.3) is 6.08 Å². The highest BCUT2D eigenvalue weighted by Gasteiger charge is 1.95. The van der Waals surface area contributed by atoms with Crippen molar-refractivity contribution in [2.75, 3.05) is 6.54 Å². The normalized spacial score (nSPS) is 11.6. The Hall–Kier alpha value is -1.48. The second kappa shape index (κ2) is 3.78. The number of benzene rings is 1. The number of hydrogen-bond donors (Lipinski definition) is 3. The molecule has 0 heterocycles. The average molecular weight is 164 g/mol. The van der Waals surface area contributed by atoms with Gasteiger partial charge in [-0.2, -0.15) is 0 Å². The largest absolute Gasteiger partial charge is 0.507 e. The summed E-state index contributed by atoms with van der Waals surface area (Å²) in [5.41, 5.74) is 12.0. The van der Waals surface area contributed by atoms with Gasteiger partial charge in [0.25, 0.3) is 0 Å². The van der Waals surface area contributed by atoms with Gasteiger partial charge in [-0.25, -0.2) is 0 Å². The van der Waals surface area contributed by atoms with Gasteiger partial charge in [0.15, 0.2) is 0 Å². The molecule has 0 unspecified atom stereocenters. The van der Waals surface area contributed by atoms with E-state index in [4.69, 9.17) is 11.5 Å². The first-order valence-corrected chi connectivity index (χ1v) is 3.68. The van der Waals surface area contributed by atoms with Crippen LogP contribution in [0.5, 0.6) is 5.75 Å². The van der Waals surface area contributed by atoms with E-state index < -0.39 is 0 Å². The smallest absolute Gasteiger partial charge is 0.122 e. The van der Waals surface area contributed by atoms with E-state index in [1.165, 1.54) is 0 Å². The molecule has 0 amide bonds. The van der Waals surface area contributed by atoms with Crippen molar-refractivity contribution in [1.82, 2.24) is 0 Å². The molecule has 12 heavy (non-hydrogen) atoms.